The molecule has 1 amide bonds. The summed E-state index contributed by atoms with van der Waals surface area (Å²) in [4.78, 5) is 17.3. The maximum atomic E-state index is 12.7. The van der Waals surface area contributed by atoms with E-state index in [0.29, 0.717) is 28.5 Å². The Hall–Kier alpha value is -3.71. The van der Waals surface area contributed by atoms with Gasteiger partial charge in [-0.3, -0.25) is 4.79 Å². The summed E-state index contributed by atoms with van der Waals surface area (Å²) < 4.78 is 31.2. The van der Waals surface area contributed by atoms with Crippen LogP contribution in [0.15, 0.2) is 94.2 Å². The summed E-state index contributed by atoms with van der Waals surface area (Å²) in [7, 11) is -3.53. The van der Waals surface area contributed by atoms with Crippen molar-refractivity contribution in [3.63, 3.8) is 0 Å². The zero-order valence-corrected chi connectivity index (χ0v) is 20.6. The maximum absolute atomic E-state index is 12.7. The van der Waals surface area contributed by atoms with Gasteiger partial charge in [0.2, 0.25) is 5.89 Å². The van der Waals surface area contributed by atoms with E-state index in [9.17, 15) is 13.2 Å². The summed E-state index contributed by atoms with van der Waals surface area (Å²) >= 11 is 0. The zero-order valence-electron chi connectivity index (χ0n) is 19.8. The molecule has 0 saturated heterocycles. The Morgan fingerprint density at radius 3 is 2.23 bits per heavy atom. The number of benzene rings is 3. The van der Waals surface area contributed by atoms with E-state index in [1.54, 1.807) is 61.5 Å². The molecule has 0 saturated carbocycles. The van der Waals surface area contributed by atoms with Crippen molar-refractivity contribution in [2.45, 2.75) is 43.4 Å². The molecule has 1 aromatic heterocycles. The van der Waals surface area contributed by atoms with E-state index in [-0.39, 0.29) is 22.6 Å². The number of nitrogens with zero attached hydrogens (tertiary/aromatic N) is 1. The summed E-state index contributed by atoms with van der Waals surface area (Å²) in [5, 5.41) is 3.04. The van der Waals surface area contributed by atoms with Crippen LogP contribution in [0, 0.1) is 6.92 Å². The van der Waals surface area contributed by atoms with E-state index in [1.807, 2.05) is 25.1 Å². The van der Waals surface area contributed by atoms with Crippen molar-refractivity contribution in [2.75, 3.05) is 0 Å². The van der Waals surface area contributed by atoms with Gasteiger partial charge in [-0.1, -0.05) is 48.5 Å². The summed E-state index contributed by atoms with van der Waals surface area (Å²) in [6.07, 6.45) is 1.74. The minimum absolute atomic E-state index is 0.0332. The second-order valence-corrected chi connectivity index (χ2v) is 10.6. The van der Waals surface area contributed by atoms with Gasteiger partial charge < -0.3 is 9.73 Å². The lowest BCUT2D eigenvalue weighted by atomic mass is 10.1. The first kappa shape index (κ1) is 24.4. The molecule has 0 aliphatic heterocycles. The number of amides is 1. The summed E-state index contributed by atoms with van der Waals surface area (Å²) in [5.74, 6) is 0.390. The fraction of sp³-hybridized carbons (Fsp3) is 0.214. The standard InChI is InChI=1S/C28H28N2O4S/c1-20(13-14-22-9-5-3-6-10-22)29-27(31)23-15-17-24(18-16-23)28-30-26(21(2)34-28)19-35(32,33)25-11-7-4-8-12-25/h3-12,15-18,20H,13-14,19H2,1-2H3,(H,29,31)/t20-/m1/s1. The Bertz CT molecular complexity index is 1380. The van der Waals surface area contributed by atoms with Gasteiger partial charge in [-0.15, -0.1) is 0 Å². The highest BCUT2D eigenvalue weighted by atomic mass is 32.2. The largest absolute Gasteiger partial charge is 0.441 e. The third kappa shape index (κ3) is 6.25. The van der Waals surface area contributed by atoms with E-state index >= 15 is 0 Å². The topological polar surface area (TPSA) is 89.3 Å². The molecule has 4 rings (SSSR count). The van der Waals surface area contributed by atoms with Gasteiger partial charge in [-0.2, -0.15) is 0 Å². The zero-order chi connectivity index (χ0) is 24.8. The normalized spacial score (nSPS) is 12.3. The van der Waals surface area contributed by atoms with E-state index in [4.69, 9.17) is 4.42 Å². The van der Waals surface area contributed by atoms with Gasteiger partial charge >= 0.3 is 0 Å². The molecule has 0 aliphatic carbocycles. The number of hydrogen-bond donors (Lipinski definition) is 1. The van der Waals surface area contributed by atoms with Crippen molar-refractivity contribution in [3.8, 4) is 11.5 Å². The number of oxazole rings is 1. The van der Waals surface area contributed by atoms with E-state index in [1.165, 1.54) is 5.56 Å². The maximum Gasteiger partial charge on any atom is 0.251 e. The van der Waals surface area contributed by atoms with Crippen molar-refractivity contribution < 1.29 is 17.6 Å². The van der Waals surface area contributed by atoms with Crippen LogP contribution in [0.25, 0.3) is 11.5 Å². The molecule has 3 aromatic carbocycles. The summed E-state index contributed by atoms with van der Waals surface area (Å²) in [6.45, 7) is 3.70. The smallest absolute Gasteiger partial charge is 0.251 e. The van der Waals surface area contributed by atoms with Gasteiger partial charge in [0.1, 0.15) is 11.5 Å². The average molecular weight is 489 g/mol. The monoisotopic (exact) mass is 488 g/mol. The fourth-order valence-corrected chi connectivity index (χ4v) is 5.11. The molecule has 1 heterocycles. The van der Waals surface area contributed by atoms with Crippen LogP contribution in [-0.4, -0.2) is 25.4 Å². The second-order valence-electron chi connectivity index (χ2n) is 8.57. The molecule has 1 N–H and O–H groups in total. The average Bonchev–Trinajstić information content (AvgIpc) is 3.23. The van der Waals surface area contributed by atoms with Gasteiger partial charge in [0.25, 0.3) is 5.91 Å². The molecule has 0 radical (unpaired) electrons. The fourth-order valence-electron chi connectivity index (χ4n) is 3.75. The van der Waals surface area contributed by atoms with E-state index in [0.717, 1.165) is 12.8 Å². The molecular weight excluding hydrogens is 460 g/mol. The number of sulfone groups is 1. The predicted molar refractivity (Wildman–Crippen MR) is 136 cm³/mol. The molecule has 4 aromatic rings. The third-order valence-electron chi connectivity index (χ3n) is 5.80. The Balaban J connectivity index is 1.39. The Kier molecular flexibility index (Phi) is 7.46. The molecule has 0 aliphatic rings. The summed E-state index contributed by atoms with van der Waals surface area (Å²) in [5.41, 5.74) is 2.83. The first-order valence-corrected chi connectivity index (χ1v) is 13.2. The molecule has 0 fully saturated rings. The molecule has 0 bridgehead atoms. The van der Waals surface area contributed by atoms with Gasteiger partial charge in [0.05, 0.1) is 10.6 Å². The van der Waals surface area contributed by atoms with Crippen molar-refractivity contribution in [1.82, 2.24) is 10.3 Å². The second kappa shape index (κ2) is 10.7. The van der Waals surface area contributed by atoms with Crippen molar-refractivity contribution in [2.24, 2.45) is 0 Å². The van der Waals surface area contributed by atoms with Crippen LogP contribution in [0.1, 0.15) is 40.7 Å². The van der Waals surface area contributed by atoms with Crippen LogP contribution in [-0.2, 0) is 22.0 Å². The minimum Gasteiger partial charge on any atom is -0.441 e. The van der Waals surface area contributed by atoms with E-state index < -0.39 is 9.84 Å². The lowest BCUT2D eigenvalue weighted by molar-refractivity contribution is 0.0938. The molecule has 180 valence electrons. The molecule has 0 unspecified atom stereocenters. The molecule has 7 heteroatoms. The van der Waals surface area contributed by atoms with Gasteiger partial charge in [-0.05, 0) is 68.7 Å². The highest BCUT2D eigenvalue weighted by molar-refractivity contribution is 7.90. The number of carbonyl (C=O) groups is 1. The number of rotatable bonds is 9. The Morgan fingerprint density at radius 2 is 1.57 bits per heavy atom. The third-order valence-corrected chi connectivity index (χ3v) is 7.45. The van der Waals surface area contributed by atoms with E-state index in [2.05, 4.69) is 22.4 Å². The predicted octanol–water partition coefficient (Wildman–Crippen LogP) is 5.38. The Morgan fingerprint density at radius 1 is 0.943 bits per heavy atom. The minimum atomic E-state index is -3.53. The highest BCUT2D eigenvalue weighted by Gasteiger charge is 2.21. The Labute approximate surface area is 206 Å². The molecule has 0 spiro atoms. The van der Waals surface area contributed by atoms with Gasteiger partial charge in [0.15, 0.2) is 9.84 Å². The van der Waals surface area contributed by atoms with Gasteiger partial charge in [0, 0.05) is 17.2 Å². The summed E-state index contributed by atoms with van der Waals surface area (Å²) in [6, 6.07) is 25.4. The van der Waals surface area contributed by atoms with Crippen LogP contribution in [0.2, 0.25) is 0 Å². The lowest BCUT2D eigenvalue weighted by Crippen LogP contribution is -2.32. The number of carbonyl (C=O) groups excluding carboxylic acids is 1. The van der Waals surface area contributed by atoms with Crippen LogP contribution < -0.4 is 5.32 Å². The molecular formula is C28H28N2O4S. The molecule has 6 nitrogen and oxygen atoms in total. The number of nitrogens with one attached hydrogen (secondary N) is 1. The first-order chi connectivity index (χ1) is 16.8. The van der Waals surface area contributed by atoms with Gasteiger partial charge in [-0.25, -0.2) is 13.4 Å². The van der Waals surface area contributed by atoms with Crippen molar-refractivity contribution in [1.29, 1.82) is 0 Å². The molecule has 35 heavy (non-hydrogen) atoms. The number of aromatic nitrogens is 1. The first-order valence-electron chi connectivity index (χ1n) is 11.5. The van der Waals surface area contributed by atoms with Crippen LogP contribution in [0.4, 0.5) is 0 Å². The van der Waals surface area contributed by atoms with Crippen molar-refractivity contribution >= 4 is 15.7 Å². The quantitative estimate of drug-likeness (QED) is 0.342. The highest BCUT2D eigenvalue weighted by Crippen LogP contribution is 2.25. The number of aryl methyl sites for hydroxylation is 2. The van der Waals surface area contributed by atoms with Crippen LogP contribution in [0.3, 0.4) is 0 Å². The lowest BCUT2D eigenvalue weighted by Gasteiger charge is -2.14. The van der Waals surface area contributed by atoms with Crippen LogP contribution >= 0.6 is 0 Å². The number of hydrogen-bond acceptors (Lipinski definition) is 5. The SMILES string of the molecule is Cc1oc(-c2ccc(C(=O)N[C@H](C)CCc3ccccc3)cc2)nc1CS(=O)(=O)c1ccccc1. The van der Waals surface area contributed by atoms with Crippen molar-refractivity contribution in [3.05, 3.63) is 108 Å². The molecule has 1 atom stereocenters. The van der Waals surface area contributed by atoms with Crippen LogP contribution in [0.5, 0.6) is 0 Å².